The Labute approximate surface area is 108 Å². The lowest BCUT2D eigenvalue weighted by Crippen LogP contribution is -2.28. The molecule has 0 saturated carbocycles. The quantitative estimate of drug-likeness (QED) is 0.794. The minimum Gasteiger partial charge on any atom is -0.361 e. The van der Waals surface area contributed by atoms with Crippen molar-refractivity contribution in [2.75, 3.05) is 24.3 Å². The van der Waals surface area contributed by atoms with E-state index in [0.29, 0.717) is 12.0 Å². The van der Waals surface area contributed by atoms with Gasteiger partial charge in [0.05, 0.1) is 0 Å². The fourth-order valence-corrected chi connectivity index (χ4v) is 3.47. The molecular formula is C12H24N2S2. The Morgan fingerprint density at radius 2 is 2.25 bits per heavy atom. The maximum Gasteiger partial charge on any atom is 0.156 e. The molecule has 2 nitrogen and oxygen atoms in total. The summed E-state index contributed by atoms with van der Waals surface area (Å²) in [6.45, 7) is 7.79. The van der Waals surface area contributed by atoms with Crippen LogP contribution in [0.4, 0.5) is 0 Å². The molecule has 1 aliphatic heterocycles. The van der Waals surface area contributed by atoms with E-state index < -0.39 is 0 Å². The van der Waals surface area contributed by atoms with E-state index in [1.807, 2.05) is 23.5 Å². The van der Waals surface area contributed by atoms with Crippen molar-refractivity contribution in [1.82, 2.24) is 5.32 Å². The van der Waals surface area contributed by atoms with Crippen molar-refractivity contribution in [3.8, 4) is 0 Å². The summed E-state index contributed by atoms with van der Waals surface area (Å²) in [6, 6.07) is 0.639. The van der Waals surface area contributed by atoms with E-state index >= 15 is 0 Å². The first-order chi connectivity index (χ1) is 7.61. The zero-order valence-electron chi connectivity index (χ0n) is 10.8. The van der Waals surface area contributed by atoms with Gasteiger partial charge in [0.15, 0.2) is 5.17 Å². The number of nitrogens with one attached hydrogen (secondary N) is 1. The van der Waals surface area contributed by atoms with E-state index in [-0.39, 0.29) is 0 Å². The molecular weight excluding hydrogens is 236 g/mol. The molecule has 16 heavy (non-hydrogen) atoms. The van der Waals surface area contributed by atoms with Crippen molar-refractivity contribution in [1.29, 1.82) is 0 Å². The van der Waals surface area contributed by atoms with Gasteiger partial charge in [0.25, 0.3) is 0 Å². The van der Waals surface area contributed by atoms with E-state index in [2.05, 4.69) is 37.3 Å². The van der Waals surface area contributed by atoms with Gasteiger partial charge in [-0.2, -0.15) is 11.8 Å². The van der Waals surface area contributed by atoms with Crippen LogP contribution in [0.5, 0.6) is 0 Å². The second kappa shape index (κ2) is 7.49. The third kappa shape index (κ3) is 5.48. The number of hydrogen-bond acceptors (Lipinski definition) is 3. The molecule has 1 N–H and O–H groups in total. The van der Waals surface area contributed by atoms with Crippen molar-refractivity contribution in [3.63, 3.8) is 0 Å². The Kier molecular flexibility index (Phi) is 6.66. The highest BCUT2D eigenvalue weighted by Crippen LogP contribution is 2.19. The van der Waals surface area contributed by atoms with E-state index in [1.54, 1.807) is 0 Å². The van der Waals surface area contributed by atoms with Crippen LogP contribution in [0.25, 0.3) is 0 Å². The monoisotopic (exact) mass is 260 g/mol. The van der Waals surface area contributed by atoms with Gasteiger partial charge in [-0.3, -0.25) is 4.99 Å². The molecule has 94 valence electrons. The first-order valence-electron chi connectivity index (χ1n) is 6.04. The van der Waals surface area contributed by atoms with Crippen molar-refractivity contribution < 1.29 is 0 Å². The summed E-state index contributed by atoms with van der Waals surface area (Å²) in [4.78, 5) is 4.65. The molecule has 2 unspecified atom stereocenters. The molecule has 0 aromatic heterocycles. The molecule has 0 amide bonds. The molecule has 0 aromatic rings. The predicted octanol–water partition coefficient (Wildman–Crippen LogP) is 3.09. The summed E-state index contributed by atoms with van der Waals surface area (Å²) in [5.74, 6) is 3.85. The summed E-state index contributed by atoms with van der Waals surface area (Å²) in [6.07, 6.45) is 3.41. The van der Waals surface area contributed by atoms with Crippen LogP contribution >= 0.6 is 23.5 Å². The summed E-state index contributed by atoms with van der Waals surface area (Å²) in [5.41, 5.74) is 0. The summed E-state index contributed by atoms with van der Waals surface area (Å²) in [5, 5.41) is 4.69. The summed E-state index contributed by atoms with van der Waals surface area (Å²) >= 11 is 3.79. The van der Waals surface area contributed by atoms with Gasteiger partial charge in [0.2, 0.25) is 0 Å². The highest BCUT2D eigenvalue weighted by atomic mass is 32.2. The van der Waals surface area contributed by atoms with Gasteiger partial charge in [-0.15, -0.1) is 0 Å². The number of amidine groups is 1. The molecule has 4 heteroatoms. The van der Waals surface area contributed by atoms with Crippen LogP contribution < -0.4 is 5.32 Å². The zero-order chi connectivity index (χ0) is 12.0. The first-order valence-corrected chi connectivity index (χ1v) is 8.42. The molecule has 0 bridgehead atoms. The van der Waals surface area contributed by atoms with Crippen LogP contribution in [-0.2, 0) is 0 Å². The smallest absolute Gasteiger partial charge is 0.156 e. The van der Waals surface area contributed by atoms with Crippen LogP contribution in [0.1, 0.15) is 27.2 Å². The number of rotatable bonds is 6. The molecule has 2 atom stereocenters. The second-order valence-electron chi connectivity index (χ2n) is 4.99. The van der Waals surface area contributed by atoms with Crippen molar-refractivity contribution in [2.45, 2.75) is 33.2 Å². The molecule has 0 radical (unpaired) electrons. The van der Waals surface area contributed by atoms with Gasteiger partial charge >= 0.3 is 0 Å². The minimum atomic E-state index is 0.639. The Morgan fingerprint density at radius 3 is 2.88 bits per heavy atom. The number of nitrogens with zero attached hydrogens (tertiary/aromatic N) is 1. The fourth-order valence-electron chi connectivity index (χ4n) is 1.80. The van der Waals surface area contributed by atoms with Gasteiger partial charge in [0, 0.05) is 18.3 Å². The van der Waals surface area contributed by atoms with Gasteiger partial charge in [-0.05, 0) is 30.3 Å². The van der Waals surface area contributed by atoms with Crippen LogP contribution in [0.15, 0.2) is 4.99 Å². The third-order valence-corrected chi connectivity index (χ3v) is 4.49. The predicted molar refractivity (Wildman–Crippen MR) is 78.7 cm³/mol. The largest absolute Gasteiger partial charge is 0.361 e. The van der Waals surface area contributed by atoms with Crippen LogP contribution in [0, 0.1) is 11.8 Å². The van der Waals surface area contributed by atoms with E-state index in [4.69, 9.17) is 0 Å². The molecule has 0 aliphatic carbocycles. The molecule has 1 rings (SSSR count). The topological polar surface area (TPSA) is 24.4 Å². The maximum absolute atomic E-state index is 4.65. The van der Waals surface area contributed by atoms with Gasteiger partial charge in [-0.25, -0.2) is 0 Å². The maximum atomic E-state index is 4.65. The number of thioether (sulfide) groups is 2. The van der Waals surface area contributed by atoms with Crippen LogP contribution in [0.2, 0.25) is 0 Å². The number of aliphatic imine (C=N–C) groups is 1. The Morgan fingerprint density at radius 1 is 1.50 bits per heavy atom. The normalized spacial score (nSPS) is 25.1. The lowest BCUT2D eigenvalue weighted by atomic mass is 10.1. The fraction of sp³-hybridized carbons (Fsp3) is 0.917. The molecule has 1 aliphatic rings. The highest BCUT2D eigenvalue weighted by molar-refractivity contribution is 8.14. The molecule has 0 spiro atoms. The molecule has 1 fully saturated rings. The van der Waals surface area contributed by atoms with Crippen LogP contribution in [0.3, 0.4) is 0 Å². The lowest BCUT2D eigenvalue weighted by molar-refractivity contribution is 0.502. The van der Waals surface area contributed by atoms with Gasteiger partial charge in [0.1, 0.15) is 0 Å². The lowest BCUT2D eigenvalue weighted by Gasteiger charge is -2.12. The number of hydrogen-bond donors (Lipinski definition) is 1. The standard InChI is InChI=1S/C12H24N2S2/c1-9(2)5-11-8-16-12(14-11)13-6-10(3)7-15-4/h9-11H,5-8H2,1-4H3,(H,13,14). The van der Waals surface area contributed by atoms with Gasteiger partial charge in [-0.1, -0.05) is 32.5 Å². The molecule has 1 saturated heterocycles. The van der Waals surface area contributed by atoms with Crippen molar-refractivity contribution in [3.05, 3.63) is 0 Å². The summed E-state index contributed by atoms with van der Waals surface area (Å²) in [7, 11) is 0. The average molecular weight is 260 g/mol. The Balaban J connectivity index is 2.26. The first kappa shape index (κ1) is 14.2. The second-order valence-corrected chi connectivity index (χ2v) is 6.91. The third-order valence-electron chi connectivity index (χ3n) is 2.50. The minimum absolute atomic E-state index is 0.639. The zero-order valence-corrected chi connectivity index (χ0v) is 12.5. The van der Waals surface area contributed by atoms with Crippen molar-refractivity contribution in [2.24, 2.45) is 16.8 Å². The SMILES string of the molecule is CSCC(C)CN=C1NC(CC(C)C)CS1. The highest BCUT2D eigenvalue weighted by Gasteiger charge is 2.20. The molecule has 0 aromatic carbocycles. The average Bonchev–Trinajstić information content (AvgIpc) is 2.62. The van der Waals surface area contributed by atoms with E-state index in [9.17, 15) is 0 Å². The Bertz CT molecular complexity index is 229. The van der Waals surface area contributed by atoms with E-state index in [1.165, 1.54) is 23.1 Å². The van der Waals surface area contributed by atoms with Gasteiger partial charge < -0.3 is 5.32 Å². The summed E-state index contributed by atoms with van der Waals surface area (Å²) < 4.78 is 0. The molecule has 1 heterocycles. The van der Waals surface area contributed by atoms with Crippen molar-refractivity contribution >= 4 is 28.7 Å². The van der Waals surface area contributed by atoms with E-state index in [0.717, 1.165) is 12.5 Å². The Hall–Kier alpha value is 0.170. The van der Waals surface area contributed by atoms with Crippen LogP contribution in [-0.4, -0.2) is 35.5 Å².